The number of para-hydroxylation sites is 2. The highest BCUT2D eigenvalue weighted by Gasteiger charge is 2.26. The van der Waals surface area contributed by atoms with E-state index in [1.807, 2.05) is 36.4 Å². The average molecular weight is 772 g/mol. The molecule has 57 heavy (non-hydrogen) atoms. The molecular weight excluding hydrogens is 738 g/mol. The van der Waals surface area contributed by atoms with Crippen molar-refractivity contribution >= 4 is 46.6 Å². The Balaban J connectivity index is 1.26. The first kappa shape index (κ1) is 37.2. The van der Waals surface area contributed by atoms with E-state index in [1.54, 1.807) is 45.0 Å². The van der Waals surface area contributed by atoms with Gasteiger partial charge in [-0.3, -0.25) is 0 Å². The van der Waals surface area contributed by atoms with Gasteiger partial charge in [0.25, 0.3) is 11.9 Å². The highest BCUT2D eigenvalue weighted by Crippen LogP contribution is 2.35. The Bertz CT molecular complexity index is 2690. The highest BCUT2D eigenvalue weighted by molar-refractivity contribution is 5.95. The Morgan fingerprint density at radius 3 is 1.60 bits per heavy atom. The van der Waals surface area contributed by atoms with E-state index in [0.29, 0.717) is 28.5 Å². The molecule has 22 nitrogen and oxygen atoms in total. The second-order valence-corrected chi connectivity index (χ2v) is 11.9. The number of carbonyl (C=O) groups excluding carboxylic acids is 2. The number of nitrogen functional groups attached to an aromatic ring is 2. The number of hydrogen-bond acceptors (Lipinski definition) is 18. The summed E-state index contributed by atoms with van der Waals surface area (Å²) in [5, 5.41) is 35.3. The Morgan fingerprint density at radius 1 is 0.596 bits per heavy atom. The Kier molecular flexibility index (Phi) is 9.97. The van der Waals surface area contributed by atoms with Gasteiger partial charge in [0.15, 0.2) is 34.6 Å². The minimum atomic E-state index is -0.658. The number of azo groups is 2. The summed E-state index contributed by atoms with van der Waals surface area (Å²) >= 11 is 0. The van der Waals surface area contributed by atoms with Gasteiger partial charge in [0.2, 0.25) is 0 Å². The molecule has 0 radical (unpaired) electrons. The van der Waals surface area contributed by atoms with Gasteiger partial charge in [-0.1, -0.05) is 36.4 Å². The van der Waals surface area contributed by atoms with Crippen molar-refractivity contribution in [2.75, 3.05) is 32.8 Å². The van der Waals surface area contributed by atoms with Gasteiger partial charge in [0, 0.05) is 0 Å². The number of carbonyl (C=O) groups is 2. The summed E-state index contributed by atoms with van der Waals surface area (Å²) in [6, 6.07) is 18.0. The lowest BCUT2D eigenvalue weighted by Gasteiger charge is -2.08. The maximum absolute atomic E-state index is 12.8. The van der Waals surface area contributed by atoms with Gasteiger partial charge in [0.1, 0.15) is 11.1 Å². The third-order valence-corrected chi connectivity index (χ3v) is 8.35. The van der Waals surface area contributed by atoms with E-state index in [9.17, 15) is 9.59 Å². The van der Waals surface area contributed by atoms with Crippen molar-refractivity contribution in [2.24, 2.45) is 20.5 Å². The van der Waals surface area contributed by atoms with E-state index < -0.39 is 11.9 Å². The molecule has 22 heteroatoms. The number of anilines is 2. The van der Waals surface area contributed by atoms with Gasteiger partial charge in [-0.15, -0.1) is 20.5 Å². The van der Waals surface area contributed by atoms with Gasteiger partial charge >= 0.3 is 17.9 Å². The van der Waals surface area contributed by atoms with Crippen LogP contribution in [-0.2, 0) is 9.47 Å². The van der Waals surface area contributed by atoms with Crippen LogP contribution in [0, 0.1) is 20.8 Å². The Hall–Kier alpha value is -8.17. The lowest BCUT2D eigenvalue weighted by molar-refractivity contribution is 0.0592. The van der Waals surface area contributed by atoms with Gasteiger partial charge in [-0.25, -0.2) is 19.0 Å². The van der Waals surface area contributed by atoms with Gasteiger partial charge < -0.3 is 25.7 Å². The van der Waals surface area contributed by atoms with Crippen molar-refractivity contribution in [1.82, 2.24) is 54.1 Å². The predicted molar refractivity (Wildman–Crippen MR) is 202 cm³/mol. The van der Waals surface area contributed by atoms with Crippen LogP contribution in [0.5, 0.6) is 6.01 Å². The van der Waals surface area contributed by atoms with E-state index in [2.05, 4.69) is 55.8 Å². The van der Waals surface area contributed by atoms with Crippen molar-refractivity contribution in [3.63, 3.8) is 0 Å². The zero-order valence-corrected chi connectivity index (χ0v) is 31.3. The standard InChI is InChI=1S/C35H33N17O5/c1-18-24(32(54)56-5)30(50(46-18)22-15-11-8-12-16-22)45-43-26-20(3)48-52(28(26)37)34-39-33(40-35(41-34)57-6)51-27(36)25(19(2)47-51)42-44-29-23(31(53)55-4)17-38-49(29)21-13-9-7-10-14-21/h7-17H,36-37H2,1-6H3. The number of hydrogen-bond donors (Lipinski definition) is 2. The highest BCUT2D eigenvalue weighted by atomic mass is 16.5. The summed E-state index contributed by atoms with van der Waals surface area (Å²) in [5.41, 5.74) is 16.0. The van der Waals surface area contributed by atoms with Crippen molar-refractivity contribution in [3.8, 4) is 29.3 Å². The number of benzene rings is 2. The summed E-state index contributed by atoms with van der Waals surface area (Å²) in [7, 11) is 3.88. The lowest BCUT2D eigenvalue weighted by atomic mass is 10.2. The van der Waals surface area contributed by atoms with Crippen LogP contribution in [0.2, 0.25) is 0 Å². The van der Waals surface area contributed by atoms with Crippen LogP contribution < -0.4 is 16.2 Å². The van der Waals surface area contributed by atoms with Crippen molar-refractivity contribution in [3.05, 3.63) is 95.1 Å². The smallest absolute Gasteiger partial charge is 0.343 e. The van der Waals surface area contributed by atoms with Crippen LogP contribution >= 0.6 is 0 Å². The SMILES string of the molecule is COC(=O)c1cnn(-c2ccccc2)c1N=Nc1c(C)nn(-c2nc(OC)nc(-n3nc(C)c(N=Nc4c(C(=O)OC)c(C)nn4-c4ccccc4)c3N)n2)c1N. The van der Waals surface area contributed by atoms with Gasteiger partial charge in [-0.05, 0) is 45.0 Å². The molecule has 0 bridgehead atoms. The molecule has 5 heterocycles. The monoisotopic (exact) mass is 771 g/mol. The van der Waals surface area contributed by atoms with Gasteiger partial charge in [0.05, 0.1) is 56.0 Å². The molecule has 0 fully saturated rings. The molecule has 5 aromatic heterocycles. The molecule has 2 aromatic carbocycles. The zero-order valence-electron chi connectivity index (χ0n) is 31.3. The molecule has 0 saturated heterocycles. The molecule has 0 aliphatic rings. The first-order valence-corrected chi connectivity index (χ1v) is 16.8. The Labute approximate surface area is 322 Å². The van der Waals surface area contributed by atoms with E-state index >= 15 is 0 Å². The van der Waals surface area contributed by atoms with E-state index in [4.69, 9.17) is 25.7 Å². The first-order valence-electron chi connectivity index (χ1n) is 16.8. The Morgan fingerprint density at radius 2 is 1.09 bits per heavy atom. The summed E-state index contributed by atoms with van der Waals surface area (Å²) in [5.74, 6) is -1.26. The number of aromatic nitrogens is 11. The van der Waals surface area contributed by atoms with Crippen molar-refractivity contribution in [2.45, 2.75) is 20.8 Å². The maximum Gasteiger partial charge on any atom is 0.343 e. The van der Waals surface area contributed by atoms with Crippen LogP contribution in [-0.4, -0.2) is 87.3 Å². The average Bonchev–Trinajstić information content (AvgIpc) is 3.97. The number of rotatable bonds is 11. The molecule has 0 atom stereocenters. The second kappa shape index (κ2) is 15.3. The first-order chi connectivity index (χ1) is 27.5. The quantitative estimate of drug-likeness (QED) is 0.128. The maximum atomic E-state index is 12.8. The normalized spacial score (nSPS) is 11.5. The molecular formula is C35H33N17O5. The van der Waals surface area contributed by atoms with E-state index in [1.165, 1.54) is 46.3 Å². The van der Waals surface area contributed by atoms with Crippen LogP contribution in [0.15, 0.2) is 87.3 Å². The van der Waals surface area contributed by atoms with Crippen LogP contribution in [0.3, 0.4) is 0 Å². The van der Waals surface area contributed by atoms with Crippen molar-refractivity contribution < 1.29 is 23.8 Å². The fraction of sp³-hybridized carbons (Fsp3) is 0.171. The molecule has 0 aliphatic carbocycles. The second-order valence-electron chi connectivity index (χ2n) is 11.9. The van der Waals surface area contributed by atoms with Gasteiger partial charge in [-0.2, -0.15) is 44.7 Å². The molecule has 0 unspecified atom stereocenters. The van der Waals surface area contributed by atoms with Crippen LogP contribution in [0.4, 0.5) is 34.6 Å². The molecule has 4 N–H and O–H groups in total. The fourth-order valence-corrected chi connectivity index (χ4v) is 5.58. The molecule has 0 amide bonds. The minimum absolute atomic E-state index is 0.00638. The predicted octanol–water partition coefficient (Wildman–Crippen LogP) is 5.12. The minimum Gasteiger partial charge on any atom is -0.467 e. The molecule has 0 spiro atoms. The largest absolute Gasteiger partial charge is 0.467 e. The molecule has 7 rings (SSSR count). The number of esters is 2. The molecule has 288 valence electrons. The molecule has 0 aliphatic heterocycles. The number of nitrogens with zero attached hydrogens (tertiary/aromatic N) is 15. The summed E-state index contributed by atoms with van der Waals surface area (Å²) in [6.45, 7) is 4.97. The summed E-state index contributed by atoms with van der Waals surface area (Å²) in [6.07, 6.45) is 1.33. The summed E-state index contributed by atoms with van der Waals surface area (Å²) < 4.78 is 20.7. The lowest BCUT2D eigenvalue weighted by Crippen LogP contribution is -2.14. The fourth-order valence-electron chi connectivity index (χ4n) is 5.58. The summed E-state index contributed by atoms with van der Waals surface area (Å²) in [4.78, 5) is 38.6. The zero-order chi connectivity index (χ0) is 40.4. The van der Waals surface area contributed by atoms with Crippen LogP contribution in [0.1, 0.15) is 37.8 Å². The van der Waals surface area contributed by atoms with Crippen LogP contribution in [0.25, 0.3) is 23.3 Å². The van der Waals surface area contributed by atoms with E-state index in [0.717, 1.165) is 0 Å². The van der Waals surface area contributed by atoms with Crippen molar-refractivity contribution in [1.29, 1.82) is 0 Å². The third kappa shape index (κ3) is 6.88. The van der Waals surface area contributed by atoms with E-state index in [-0.39, 0.29) is 63.7 Å². The number of aryl methyl sites for hydroxylation is 3. The third-order valence-electron chi connectivity index (χ3n) is 8.35. The number of nitrogens with two attached hydrogens (primary N) is 2. The number of methoxy groups -OCH3 is 3. The number of ether oxygens (including phenoxy) is 3. The molecule has 7 aromatic rings. The molecule has 0 saturated carbocycles. The topological polar surface area (TPSA) is 273 Å².